The van der Waals surface area contributed by atoms with Crippen LogP contribution in [0.15, 0.2) is 12.1 Å². The summed E-state index contributed by atoms with van der Waals surface area (Å²) in [5.74, 6) is 1.16. The maximum absolute atomic E-state index is 10.0. The van der Waals surface area contributed by atoms with Gasteiger partial charge in [-0.15, -0.1) is 0 Å². The molecule has 1 aromatic rings. The van der Waals surface area contributed by atoms with Crippen LogP contribution in [-0.2, 0) is 6.42 Å². The molecular weight excluding hydrogens is 188 g/mol. The van der Waals surface area contributed by atoms with Gasteiger partial charge in [0, 0.05) is 5.56 Å². The average Bonchev–Trinajstić information content (AvgIpc) is 2.11. The zero-order valence-corrected chi connectivity index (χ0v) is 9.91. The predicted octanol–water partition coefficient (Wildman–Crippen LogP) is 3.42. The summed E-state index contributed by atoms with van der Waals surface area (Å²) in [6.45, 7) is 8.21. The molecule has 0 saturated carbocycles. The molecule has 2 heteroatoms. The average molecular weight is 208 g/mol. The van der Waals surface area contributed by atoms with Gasteiger partial charge in [-0.2, -0.15) is 0 Å². The Kier molecular flexibility index (Phi) is 3.61. The van der Waals surface area contributed by atoms with Crippen molar-refractivity contribution in [3.63, 3.8) is 0 Å². The molecule has 0 aromatic heterocycles. The van der Waals surface area contributed by atoms with Gasteiger partial charge in [0.15, 0.2) is 0 Å². The van der Waals surface area contributed by atoms with E-state index in [0.717, 1.165) is 5.56 Å². The minimum Gasteiger partial charge on any atom is -0.508 e. The third-order valence-electron chi connectivity index (χ3n) is 2.52. The highest BCUT2D eigenvalue weighted by Crippen LogP contribution is 2.35. The van der Waals surface area contributed by atoms with Crippen LogP contribution in [0.1, 0.15) is 44.7 Å². The largest absolute Gasteiger partial charge is 0.508 e. The molecule has 0 bridgehead atoms. The molecule has 0 heterocycles. The molecule has 0 aliphatic carbocycles. The SMILES string of the molecule is CC(C)Cc1c(O)ccc(C(C)C)c1O. The van der Waals surface area contributed by atoms with Crippen LogP contribution < -0.4 is 0 Å². The predicted molar refractivity (Wildman–Crippen MR) is 62.4 cm³/mol. The first-order valence-corrected chi connectivity index (χ1v) is 5.47. The van der Waals surface area contributed by atoms with Crippen molar-refractivity contribution in [1.29, 1.82) is 0 Å². The van der Waals surface area contributed by atoms with E-state index in [2.05, 4.69) is 13.8 Å². The van der Waals surface area contributed by atoms with E-state index in [0.29, 0.717) is 17.9 Å². The normalized spacial score (nSPS) is 11.3. The minimum absolute atomic E-state index is 0.200. The second kappa shape index (κ2) is 4.56. The first-order valence-electron chi connectivity index (χ1n) is 5.47. The Morgan fingerprint density at radius 2 is 1.67 bits per heavy atom. The van der Waals surface area contributed by atoms with Crippen molar-refractivity contribution < 1.29 is 10.2 Å². The first-order chi connectivity index (χ1) is 6.93. The van der Waals surface area contributed by atoms with Crippen LogP contribution in [0.5, 0.6) is 11.5 Å². The van der Waals surface area contributed by atoms with Gasteiger partial charge in [0.25, 0.3) is 0 Å². The summed E-state index contributed by atoms with van der Waals surface area (Å²) in [6.07, 6.45) is 0.707. The molecule has 0 saturated heterocycles. The third kappa shape index (κ3) is 2.65. The zero-order valence-electron chi connectivity index (χ0n) is 9.91. The topological polar surface area (TPSA) is 40.5 Å². The summed E-state index contributed by atoms with van der Waals surface area (Å²) in [4.78, 5) is 0. The molecule has 2 nitrogen and oxygen atoms in total. The van der Waals surface area contributed by atoms with Gasteiger partial charge in [0.05, 0.1) is 0 Å². The Morgan fingerprint density at radius 3 is 2.13 bits per heavy atom. The second-order valence-corrected chi connectivity index (χ2v) is 4.75. The van der Waals surface area contributed by atoms with Gasteiger partial charge in [-0.1, -0.05) is 33.8 Å². The fourth-order valence-electron chi connectivity index (χ4n) is 1.72. The van der Waals surface area contributed by atoms with E-state index in [9.17, 15) is 10.2 Å². The summed E-state index contributed by atoms with van der Waals surface area (Å²) in [7, 11) is 0. The van der Waals surface area contributed by atoms with Crippen molar-refractivity contribution >= 4 is 0 Å². The van der Waals surface area contributed by atoms with Crippen LogP contribution in [-0.4, -0.2) is 10.2 Å². The lowest BCUT2D eigenvalue weighted by Crippen LogP contribution is -1.98. The summed E-state index contributed by atoms with van der Waals surface area (Å²) < 4.78 is 0. The molecule has 0 unspecified atom stereocenters. The van der Waals surface area contributed by atoms with Crippen LogP contribution in [0.4, 0.5) is 0 Å². The molecule has 0 amide bonds. The van der Waals surface area contributed by atoms with Gasteiger partial charge in [-0.25, -0.2) is 0 Å². The van der Waals surface area contributed by atoms with E-state index >= 15 is 0 Å². The fourth-order valence-corrected chi connectivity index (χ4v) is 1.72. The Balaban J connectivity index is 3.18. The summed E-state index contributed by atoms with van der Waals surface area (Å²) in [5, 5.41) is 19.7. The number of benzene rings is 1. The standard InChI is InChI=1S/C13H20O2/c1-8(2)7-11-12(14)6-5-10(9(3)4)13(11)15/h5-6,8-9,14-15H,7H2,1-4H3. The van der Waals surface area contributed by atoms with Gasteiger partial charge in [-0.3, -0.25) is 0 Å². The quantitative estimate of drug-likeness (QED) is 0.799. The molecule has 0 radical (unpaired) electrons. The lowest BCUT2D eigenvalue weighted by atomic mass is 9.94. The maximum Gasteiger partial charge on any atom is 0.125 e. The molecule has 1 rings (SSSR count). The van der Waals surface area contributed by atoms with Crippen molar-refractivity contribution in [3.05, 3.63) is 23.3 Å². The van der Waals surface area contributed by atoms with E-state index in [4.69, 9.17) is 0 Å². The fraction of sp³-hybridized carbons (Fsp3) is 0.538. The molecular formula is C13H20O2. The van der Waals surface area contributed by atoms with E-state index in [1.165, 1.54) is 0 Å². The van der Waals surface area contributed by atoms with Crippen LogP contribution in [0.2, 0.25) is 0 Å². The lowest BCUT2D eigenvalue weighted by Gasteiger charge is -2.15. The highest BCUT2D eigenvalue weighted by molar-refractivity contribution is 5.49. The van der Waals surface area contributed by atoms with Gasteiger partial charge in [0.1, 0.15) is 11.5 Å². The Hall–Kier alpha value is -1.18. The minimum atomic E-state index is 0.200. The van der Waals surface area contributed by atoms with E-state index in [-0.39, 0.29) is 17.4 Å². The van der Waals surface area contributed by atoms with Gasteiger partial charge in [0.2, 0.25) is 0 Å². The highest BCUT2D eigenvalue weighted by atomic mass is 16.3. The van der Waals surface area contributed by atoms with Crippen molar-refractivity contribution in [2.45, 2.75) is 40.0 Å². The molecule has 0 fully saturated rings. The monoisotopic (exact) mass is 208 g/mol. The number of hydrogen-bond donors (Lipinski definition) is 2. The van der Waals surface area contributed by atoms with Crippen molar-refractivity contribution in [2.24, 2.45) is 5.92 Å². The van der Waals surface area contributed by atoms with Crippen molar-refractivity contribution in [1.82, 2.24) is 0 Å². The molecule has 84 valence electrons. The van der Waals surface area contributed by atoms with E-state index < -0.39 is 0 Å². The molecule has 15 heavy (non-hydrogen) atoms. The number of phenolic OH excluding ortho intramolecular Hbond substituents is 2. The van der Waals surface area contributed by atoms with Gasteiger partial charge in [-0.05, 0) is 29.9 Å². The smallest absolute Gasteiger partial charge is 0.125 e. The van der Waals surface area contributed by atoms with Crippen molar-refractivity contribution in [2.75, 3.05) is 0 Å². The van der Waals surface area contributed by atoms with Crippen LogP contribution in [0, 0.1) is 5.92 Å². The Labute approximate surface area is 91.6 Å². The second-order valence-electron chi connectivity index (χ2n) is 4.75. The molecule has 0 spiro atoms. The molecule has 0 aliphatic heterocycles. The number of phenols is 2. The summed E-state index contributed by atoms with van der Waals surface area (Å²) in [6, 6.07) is 3.46. The molecule has 2 N–H and O–H groups in total. The highest BCUT2D eigenvalue weighted by Gasteiger charge is 2.15. The van der Waals surface area contributed by atoms with E-state index in [1.807, 2.05) is 13.8 Å². The molecule has 1 aromatic carbocycles. The van der Waals surface area contributed by atoms with Gasteiger partial charge < -0.3 is 10.2 Å². The number of aromatic hydroxyl groups is 2. The third-order valence-corrected chi connectivity index (χ3v) is 2.52. The molecule has 0 aliphatic rings. The summed E-state index contributed by atoms with van der Waals surface area (Å²) in [5.41, 5.74) is 1.58. The van der Waals surface area contributed by atoms with Crippen LogP contribution in [0.3, 0.4) is 0 Å². The molecule has 0 atom stereocenters. The van der Waals surface area contributed by atoms with Crippen LogP contribution in [0.25, 0.3) is 0 Å². The summed E-state index contributed by atoms with van der Waals surface area (Å²) >= 11 is 0. The Bertz CT molecular complexity index is 341. The first kappa shape index (κ1) is 11.9. The lowest BCUT2D eigenvalue weighted by molar-refractivity contribution is 0.424. The van der Waals surface area contributed by atoms with Crippen molar-refractivity contribution in [3.8, 4) is 11.5 Å². The maximum atomic E-state index is 10.0. The Morgan fingerprint density at radius 1 is 1.07 bits per heavy atom. The number of rotatable bonds is 3. The number of hydrogen-bond acceptors (Lipinski definition) is 2. The van der Waals surface area contributed by atoms with Gasteiger partial charge >= 0.3 is 0 Å². The van der Waals surface area contributed by atoms with Crippen LogP contribution >= 0.6 is 0 Å². The zero-order chi connectivity index (χ0) is 11.6. The van der Waals surface area contributed by atoms with E-state index in [1.54, 1.807) is 12.1 Å².